The van der Waals surface area contributed by atoms with Gasteiger partial charge in [-0.25, -0.2) is 4.48 Å². The number of benzene rings is 1. The Bertz CT molecular complexity index is 335. The van der Waals surface area contributed by atoms with Crippen molar-refractivity contribution in [3.8, 4) is 0 Å². The fourth-order valence-electron chi connectivity index (χ4n) is 1.51. The van der Waals surface area contributed by atoms with Crippen molar-refractivity contribution >= 4 is 17.7 Å². The van der Waals surface area contributed by atoms with Gasteiger partial charge in [0.2, 0.25) is 0 Å². The van der Waals surface area contributed by atoms with Crippen molar-refractivity contribution < 1.29 is 12.4 Å². The Balaban J connectivity index is 0.000000845. The first-order valence-electron chi connectivity index (χ1n) is 4.26. The first-order valence-corrected chi connectivity index (χ1v) is 4.26. The van der Waals surface area contributed by atoms with Crippen LogP contribution in [0.2, 0.25) is 0 Å². The third kappa shape index (κ3) is 1.47. The molecule has 0 N–H and O–H groups in total. The fourth-order valence-corrected chi connectivity index (χ4v) is 1.51. The summed E-state index contributed by atoms with van der Waals surface area (Å²) in [5.41, 5.74) is 2.42. The van der Waals surface area contributed by atoms with Crippen LogP contribution >= 0.6 is 0 Å². The van der Waals surface area contributed by atoms with Crippen LogP contribution in [0, 0.1) is 0 Å². The summed E-state index contributed by atoms with van der Waals surface area (Å²) in [6, 6.07) is 8.30. The van der Waals surface area contributed by atoms with E-state index >= 15 is 0 Å². The van der Waals surface area contributed by atoms with E-state index in [1.54, 1.807) is 0 Å². The maximum absolute atomic E-state index is 4.37. The second-order valence-corrected chi connectivity index (χ2v) is 3.32. The van der Waals surface area contributed by atoms with Crippen molar-refractivity contribution in [2.75, 3.05) is 13.6 Å². The van der Waals surface area contributed by atoms with Crippen LogP contribution in [0.15, 0.2) is 29.3 Å². The van der Waals surface area contributed by atoms with Gasteiger partial charge in [0.1, 0.15) is 5.69 Å². The molecule has 0 spiro atoms. The van der Waals surface area contributed by atoms with E-state index in [9.17, 15) is 0 Å². The maximum atomic E-state index is 4.37. The van der Waals surface area contributed by atoms with Crippen molar-refractivity contribution in [1.29, 1.82) is 0 Å². The highest BCUT2D eigenvalue weighted by atomic mass is 35.5. The summed E-state index contributed by atoms with van der Waals surface area (Å²) in [4.78, 5) is 4.37. The fraction of sp³-hybridized carbons (Fsp3) is 0.300. The van der Waals surface area contributed by atoms with E-state index < -0.39 is 0 Å². The summed E-state index contributed by atoms with van der Waals surface area (Å²) in [6.07, 6.45) is 2.00. The molecule has 1 unspecified atom stereocenters. The average Bonchev–Trinajstić information content (AvgIpc) is 2.46. The minimum absolute atomic E-state index is 0. The summed E-state index contributed by atoms with van der Waals surface area (Å²) >= 11 is 0. The Kier molecular flexibility index (Phi) is 2.74. The molecular weight excluding hydrogens is 184 g/mol. The second-order valence-electron chi connectivity index (χ2n) is 3.32. The Morgan fingerprint density at radius 3 is 2.69 bits per heavy atom. The van der Waals surface area contributed by atoms with Crippen molar-refractivity contribution in [2.45, 2.75) is 6.92 Å². The zero-order chi connectivity index (χ0) is 8.60. The molecule has 13 heavy (non-hydrogen) atoms. The summed E-state index contributed by atoms with van der Waals surface area (Å²) in [7, 11) is 2.18. The van der Waals surface area contributed by atoms with Gasteiger partial charge in [0.25, 0.3) is 0 Å². The highest BCUT2D eigenvalue weighted by Gasteiger charge is 2.28. The molecule has 0 fully saturated rings. The van der Waals surface area contributed by atoms with Crippen molar-refractivity contribution in [1.82, 2.24) is 4.48 Å². The smallest absolute Gasteiger partial charge is 0.195 e. The van der Waals surface area contributed by atoms with Crippen LogP contribution in [0.25, 0.3) is 0 Å². The molecule has 2 nitrogen and oxygen atoms in total. The normalized spacial score (nSPS) is 23.8. The van der Waals surface area contributed by atoms with E-state index in [-0.39, 0.29) is 12.4 Å². The van der Waals surface area contributed by atoms with E-state index in [4.69, 9.17) is 0 Å². The molecular formula is C10H13ClN2. The highest BCUT2D eigenvalue weighted by Crippen LogP contribution is 2.35. The SMILES string of the molecule is CC[N+]1(C)C=Nc2ccccc21.[Cl-]. The number of halogens is 1. The molecule has 1 aliphatic heterocycles. The molecule has 1 heterocycles. The monoisotopic (exact) mass is 196 g/mol. The molecule has 0 aliphatic carbocycles. The largest absolute Gasteiger partial charge is 1.00 e. The van der Waals surface area contributed by atoms with Crippen LogP contribution in [0.1, 0.15) is 6.92 Å². The minimum atomic E-state index is 0. The molecule has 0 saturated heterocycles. The first kappa shape index (κ1) is 10.2. The van der Waals surface area contributed by atoms with Gasteiger partial charge in [0.05, 0.1) is 13.6 Å². The summed E-state index contributed by atoms with van der Waals surface area (Å²) in [5.74, 6) is 0. The number of para-hydroxylation sites is 2. The number of hydrogen-bond acceptors (Lipinski definition) is 1. The van der Waals surface area contributed by atoms with E-state index in [1.165, 1.54) is 5.69 Å². The van der Waals surface area contributed by atoms with Gasteiger partial charge >= 0.3 is 0 Å². The number of hydrogen-bond donors (Lipinski definition) is 0. The lowest BCUT2D eigenvalue weighted by atomic mass is 10.2. The molecule has 0 saturated carbocycles. The molecule has 1 aliphatic rings. The zero-order valence-electron chi connectivity index (χ0n) is 7.87. The maximum Gasteiger partial charge on any atom is 0.195 e. The highest BCUT2D eigenvalue weighted by molar-refractivity contribution is 5.88. The van der Waals surface area contributed by atoms with Gasteiger partial charge in [-0.2, -0.15) is 4.99 Å². The van der Waals surface area contributed by atoms with Crippen molar-refractivity contribution in [3.63, 3.8) is 0 Å². The molecule has 0 radical (unpaired) electrons. The van der Waals surface area contributed by atoms with Crippen LogP contribution in [0.3, 0.4) is 0 Å². The molecule has 1 atom stereocenters. The average molecular weight is 197 g/mol. The molecule has 2 rings (SSSR count). The van der Waals surface area contributed by atoms with Crippen molar-refractivity contribution in [2.24, 2.45) is 4.99 Å². The molecule has 0 amide bonds. The van der Waals surface area contributed by atoms with E-state index in [1.807, 2.05) is 12.4 Å². The zero-order valence-corrected chi connectivity index (χ0v) is 8.62. The van der Waals surface area contributed by atoms with Gasteiger partial charge in [0, 0.05) is 6.07 Å². The number of fused-ring (bicyclic) bond motifs is 1. The van der Waals surface area contributed by atoms with Gasteiger partial charge in [0.15, 0.2) is 12.0 Å². The second kappa shape index (κ2) is 3.48. The Morgan fingerprint density at radius 1 is 1.31 bits per heavy atom. The number of nitrogens with zero attached hydrogens (tertiary/aromatic N) is 2. The lowest BCUT2D eigenvalue weighted by molar-refractivity contribution is -0.00000250. The molecule has 70 valence electrons. The van der Waals surface area contributed by atoms with Crippen molar-refractivity contribution in [3.05, 3.63) is 24.3 Å². The lowest BCUT2D eigenvalue weighted by Gasteiger charge is -2.23. The van der Waals surface area contributed by atoms with Gasteiger partial charge in [-0.1, -0.05) is 12.1 Å². The predicted octanol–water partition coefficient (Wildman–Crippen LogP) is -0.679. The molecule has 1 aromatic carbocycles. The van der Waals surface area contributed by atoms with E-state index in [2.05, 4.69) is 37.2 Å². The quantitative estimate of drug-likeness (QED) is 0.528. The Labute approximate surface area is 84.9 Å². The van der Waals surface area contributed by atoms with Crippen LogP contribution in [0.5, 0.6) is 0 Å². The first-order chi connectivity index (χ1) is 5.76. The van der Waals surface area contributed by atoms with Crippen LogP contribution < -0.4 is 16.9 Å². The Morgan fingerprint density at radius 2 is 2.00 bits per heavy atom. The lowest BCUT2D eigenvalue weighted by Crippen LogP contribution is -3.00. The van der Waals surface area contributed by atoms with E-state index in [0.29, 0.717) is 0 Å². The summed E-state index contributed by atoms with van der Waals surface area (Å²) in [6.45, 7) is 3.23. The number of rotatable bonds is 1. The van der Waals surface area contributed by atoms with Crippen LogP contribution in [-0.4, -0.2) is 19.9 Å². The third-order valence-electron chi connectivity index (χ3n) is 2.54. The minimum Gasteiger partial charge on any atom is -1.00 e. The van der Waals surface area contributed by atoms with Gasteiger partial charge in [-0.15, -0.1) is 0 Å². The summed E-state index contributed by atoms with van der Waals surface area (Å²) in [5, 5.41) is 0. The van der Waals surface area contributed by atoms with E-state index in [0.717, 1.165) is 16.7 Å². The number of aliphatic imine (C=N–C) groups is 1. The predicted molar refractivity (Wildman–Crippen MR) is 52.9 cm³/mol. The molecule has 0 aromatic heterocycles. The molecule has 0 bridgehead atoms. The standard InChI is InChI=1S/C10H13N2.ClH/c1-3-12(2)8-11-9-6-4-5-7-10(9)12;/h4-8H,3H2,1-2H3;1H/q+1;/p-1. The van der Waals surface area contributed by atoms with Gasteiger partial charge in [-0.05, 0) is 13.0 Å². The third-order valence-corrected chi connectivity index (χ3v) is 2.54. The van der Waals surface area contributed by atoms with Crippen LogP contribution in [-0.2, 0) is 0 Å². The van der Waals surface area contributed by atoms with Gasteiger partial charge in [-0.3, -0.25) is 0 Å². The topological polar surface area (TPSA) is 12.4 Å². The molecule has 1 aromatic rings. The molecule has 3 heteroatoms. The summed E-state index contributed by atoms with van der Waals surface area (Å²) < 4.78 is 0.830. The Hall–Kier alpha value is -0.860. The van der Waals surface area contributed by atoms with Gasteiger partial charge < -0.3 is 12.4 Å². The number of quaternary nitrogens is 1. The van der Waals surface area contributed by atoms with Crippen LogP contribution in [0.4, 0.5) is 11.4 Å².